The number of benzene rings is 1. The number of carbonyl (C=O) groups excluding carboxylic acids is 1. The summed E-state index contributed by atoms with van der Waals surface area (Å²) in [6.07, 6.45) is -5.25. The van der Waals surface area contributed by atoms with Crippen LogP contribution in [-0.4, -0.2) is 26.7 Å². The summed E-state index contributed by atoms with van der Waals surface area (Å²) in [7, 11) is -1.53. The summed E-state index contributed by atoms with van der Waals surface area (Å²) in [5.74, 6) is -0.902. The van der Waals surface area contributed by atoms with Gasteiger partial charge in [0.15, 0.2) is 0 Å². The van der Waals surface area contributed by atoms with Crippen LogP contribution in [0.25, 0.3) is 0 Å². The van der Waals surface area contributed by atoms with E-state index >= 15 is 0 Å². The van der Waals surface area contributed by atoms with E-state index in [1.54, 1.807) is 18.2 Å². The Bertz CT molecular complexity index is 555. The molecule has 1 aromatic carbocycles. The first-order valence-electron chi connectivity index (χ1n) is 7.61. The molecule has 0 N–H and O–H groups in total. The molecule has 0 fully saturated rings. The van der Waals surface area contributed by atoms with Gasteiger partial charge in [-0.05, 0) is 31.0 Å². The van der Waals surface area contributed by atoms with Gasteiger partial charge in [-0.15, -0.1) is 12.3 Å². The predicted molar refractivity (Wildman–Crippen MR) is 91.3 cm³/mol. The lowest BCUT2D eigenvalue weighted by Gasteiger charge is -2.25. The Morgan fingerprint density at radius 3 is 2.52 bits per heavy atom. The van der Waals surface area contributed by atoms with Gasteiger partial charge >= 0.3 is 6.18 Å². The Balaban J connectivity index is 2.89. The highest BCUT2D eigenvalue weighted by atomic mass is 28.3. The summed E-state index contributed by atoms with van der Waals surface area (Å²) >= 11 is 0. The highest BCUT2D eigenvalue weighted by molar-refractivity contribution is 6.82. The Morgan fingerprint density at radius 1 is 1.35 bits per heavy atom. The Hall–Kier alpha value is -1.56. The summed E-state index contributed by atoms with van der Waals surface area (Å²) in [6, 6.07) is 7.91. The third kappa shape index (κ3) is 7.03. The van der Waals surface area contributed by atoms with E-state index in [4.69, 9.17) is 0 Å². The fraction of sp³-hybridized carbons (Fsp3) is 0.471. The van der Waals surface area contributed by atoms with Gasteiger partial charge in [0, 0.05) is 12.2 Å². The molecule has 0 aliphatic heterocycles. The van der Waals surface area contributed by atoms with Crippen LogP contribution in [0.3, 0.4) is 0 Å². The quantitative estimate of drug-likeness (QED) is 0.630. The normalized spacial score (nSPS) is 12.1. The highest BCUT2D eigenvalue weighted by Gasteiger charge is 2.34. The van der Waals surface area contributed by atoms with Crippen LogP contribution in [0.15, 0.2) is 36.5 Å². The van der Waals surface area contributed by atoms with Crippen molar-refractivity contribution in [3.63, 3.8) is 0 Å². The topological polar surface area (TPSA) is 20.3 Å². The molecule has 0 aliphatic carbocycles. The standard InChI is InChI=1S/C17H24F3NOSi/c1-5-23(3,4)11-7-10-21(16(22)13-17(18,19)20)15-9-6-8-14(2)12-15/h5-6,8-9,12H,1,7,10-11,13H2,2-4H3. The van der Waals surface area contributed by atoms with Crippen molar-refractivity contribution >= 4 is 19.7 Å². The van der Waals surface area contributed by atoms with Crippen LogP contribution in [0.4, 0.5) is 18.9 Å². The molecule has 0 bridgehead atoms. The smallest absolute Gasteiger partial charge is 0.312 e. The van der Waals surface area contributed by atoms with Crippen LogP contribution in [-0.2, 0) is 4.79 Å². The summed E-state index contributed by atoms with van der Waals surface area (Å²) in [4.78, 5) is 13.4. The molecule has 0 radical (unpaired) electrons. The first kappa shape index (κ1) is 19.5. The highest BCUT2D eigenvalue weighted by Crippen LogP contribution is 2.25. The van der Waals surface area contributed by atoms with Gasteiger partial charge in [-0.3, -0.25) is 4.79 Å². The van der Waals surface area contributed by atoms with E-state index in [1.165, 1.54) is 4.90 Å². The summed E-state index contributed by atoms with van der Waals surface area (Å²) < 4.78 is 37.7. The minimum Gasteiger partial charge on any atom is -0.312 e. The molecule has 0 atom stereocenters. The second-order valence-electron chi connectivity index (χ2n) is 6.47. The van der Waals surface area contributed by atoms with Crippen LogP contribution < -0.4 is 4.90 Å². The van der Waals surface area contributed by atoms with Crippen molar-refractivity contribution in [1.82, 2.24) is 0 Å². The molecule has 0 saturated heterocycles. The lowest BCUT2D eigenvalue weighted by atomic mass is 10.2. The largest absolute Gasteiger partial charge is 0.397 e. The number of hydrogen-bond donors (Lipinski definition) is 0. The van der Waals surface area contributed by atoms with E-state index in [2.05, 4.69) is 19.7 Å². The monoisotopic (exact) mass is 343 g/mol. The maximum atomic E-state index is 12.6. The number of rotatable bonds is 7. The van der Waals surface area contributed by atoms with E-state index in [0.717, 1.165) is 11.6 Å². The van der Waals surface area contributed by atoms with Crippen molar-refractivity contribution in [2.24, 2.45) is 0 Å². The number of nitrogens with zero attached hydrogens (tertiary/aromatic N) is 1. The minimum atomic E-state index is -4.49. The van der Waals surface area contributed by atoms with Gasteiger partial charge in [-0.2, -0.15) is 13.2 Å². The van der Waals surface area contributed by atoms with Gasteiger partial charge in [0.2, 0.25) is 5.91 Å². The molecule has 6 heteroatoms. The average Bonchev–Trinajstić information content (AvgIpc) is 2.41. The third-order valence-corrected chi connectivity index (χ3v) is 6.47. The number of anilines is 1. The first-order valence-corrected chi connectivity index (χ1v) is 10.9. The van der Waals surface area contributed by atoms with Crippen LogP contribution in [0.1, 0.15) is 18.4 Å². The molecular formula is C17H24F3NOSi. The zero-order chi connectivity index (χ0) is 17.7. The molecule has 1 aromatic rings. The lowest BCUT2D eigenvalue weighted by molar-refractivity contribution is -0.151. The predicted octanol–water partition coefficient (Wildman–Crippen LogP) is 5.10. The molecule has 0 heterocycles. The number of halogens is 3. The summed E-state index contributed by atoms with van der Waals surface area (Å²) in [5.41, 5.74) is 3.40. The van der Waals surface area contributed by atoms with E-state index in [0.29, 0.717) is 18.7 Å². The van der Waals surface area contributed by atoms with Gasteiger partial charge < -0.3 is 4.90 Å². The molecule has 0 unspecified atom stereocenters. The van der Waals surface area contributed by atoms with Gasteiger partial charge in [0.25, 0.3) is 0 Å². The first-order chi connectivity index (χ1) is 10.5. The summed E-state index contributed by atoms with van der Waals surface area (Å²) in [6.45, 7) is 10.3. The van der Waals surface area contributed by atoms with E-state index < -0.39 is 26.6 Å². The minimum absolute atomic E-state index is 0.294. The fourth-order valence-corrected chi connectivity index (χ4v) is 3.53. The van der Waals surface area contributed by atoms with E-state index in [-0.39, 0.29) is 0 Å². The molecule has 0 aliphatic rings. The van der Waals surface area contributed by atoms with Crippen LogP contribution in [0, 0.1) is 6.92 Å². The molecule has 128 valence electrons. The second-order valence-corrected chi connectivity index (χ2v) is 11.4. The second kappa shape index (κ2) is 7.81. The molecule has 2 nitrogen and oxygen atoms in total. The molecule has 23 heavy (non-hydrogen) atoms. The SMILES string of the molecule is C=C[Si](C)(C)CCCN(C(=O)CC(F)(F)F)c1cccc(C)c1. The van der Waals surface area contributed by atoms with Crippen molar-refractivity contribution in [2.45, 2.75) is 45.1 Å². The van der Waals surface area contributed by atoms with Crippen LogP contribution in [0.5, 0.6) is 0 Å². The number of aryl methyl sites for hydroxylation is 1. The van der Waals surface area contributed by atoms with Crippen LogP contribution >= 0.6 is 0 Å². The zero-order valence-corrected chi connectivity index (χ0v) is 14.9. The number of hydrogen-bond acceptors (Lipinski definition) is 1. The lowest BCUT2D eigenvalue weighted by Crippen LogP contribution is -2.36. The Morgan fingerprint density at radius 2 is 2.00 bits per heavy atom. The summed E-state index contributed by atoms with van der Waals surface area (Å²) in [5, 5.41) is 0. The van der Waals surface area contributed by atoms with Gasteiger partial charge in [-0.1, -0.05) is 31.3 Å². The van der Waals surface area contributed by atoms with Gasteiger partial charge in [0.05, 0.1) is 8.07 Å². The van der Waals surface area contributed by atoms with Crippen LogP contribution in [0.2, 0.25) is 19.1 Å². The Labute approximate surface area is 137 Å². The molecule has 1 rings (SSSR count). The molecule has 0 saturated carbocycles. The Kier molecular flexibility index (Phi) is 6.62. The van der Waals surface area contributed by atoms with Crippen molar-refractivity contribution in [3.05, 3.63) is 42.1 Å². The maximum Gasteiger partial charge on any atom is 0.397 e. The third-order valence-electron chi connectivity index (χ3n) is 3.72. The number of alkyl halides is 3. The molecular weight excluding hydrogens is 319 g/mol. The van der Waals surface area contributed by atoms with Gasteiger partial charge in [0.1, 0.15) is 6.42 Å². The average molecular weight is 343 g/mol. The van der Waals surface area contributed by atoms with Crippen molar-refractivity contribution in [3.8, 4) is 0 Å². The number of carbonyl (C=O) groups is 1. The van der Waals surface area contributed by atoms with Gasteiger partial charge in [-0.25, -0.2) is 0 Å². The van der Waals surface area contributed by atoms with Crippen molar-refractivity contribution in [2.75, 3.05) is 11.4 Å². The molecule has 0 aromatic heterocycles. The maximum absolute atomic E-state index is 12.6. The zero-order valence-electron chi connectivity index (χ0n) is 13.9. The molecule has 0 spiro atoms. The number of amides is 1. The van der Waals surface area contributed by atoms with Crippen molar-refractivity contribution in [1.29, 1.82) is 0 Å². The molecule has 1 amide bonds. The van der Waals surface area contributed by atoms with Crippen molar-refractivity contribution < 1.29 is 18.0 Å². The fourth-order valence-electron chi connectivity index (χ4n) is 2.26. The van der Waals surface area contributed by atoms with E-state index in [9.17, 15) is 18.0 Å². The van der Waals surface area contributed by atoms with E-state index in [1.807, 2.05) is 18.7 Å².